The summed E-state index contributed by atoms with van der Waals surface area (Å²) in [5.41, 5.74) is 1.71. The van der Waals surface area contributed by atoms with Crippen molar-refractivity contribution in [1.29, 1.82) is 0 Å². The lowest BCUT2D eigenvalue weighted by Gasteiger charge is -2.25. The van der Waals surface area contributed by atoms with E-state index in [4.69, 9.17) is 11.6 Å². The Hall–Kier alpha value is -2.19. The van der Waals surface area contributed by atoms with Gasteiger partial charge in [-0.2, -0.15) is 4.31 Å². The van der Waals surface area contributed by atoms with Crippen molar-refractivity contribution in [3.63, 3.8) is 0 Å². The first-order chi connectivity index (χ1) is 14.8. The summed E-state index contributed by atoms with van der Waals surface area (Å²) in [6, 6.07) is 22.8. The van der Waals surface area contributed by atoms with Gasteiger partial charge in [-0.15, -0.1) is 0 Å². The molecule has 0 spiro atoms. The van der Waals surface area contributed by atoms with E-state index in [9.17, 15) is 13.2 Å². The standard InChI is InChI=1S/C23H22BrClN2O3S/c1-26(15-18-5-3-2-4-6-18)23(28)17-27(16-19-7-11-21(25)12-8-19)31(29,30)22-13-9-20(24)10-14-22/h2-14H,15-17H2,1H3. The van der Waals surface area contributed by atoms with Gasteiger partial charge in [-0.05, 0) is 47.5 Å². The molecule has 3 rings (SSSR count). The smallest absolute Gasteiger partial charge is 0.243 e. The topological polar surface area (TPSA) is 57.7 Å². The number of hydrogen-bond donors (Lipinski definition) is 0. The van der Waals surface area contributed by atoms with Crippen LogP contribution in [-0.4, -0.2) is 37.1 Å². The number of likely N-dealkylation sites (N-methyl/N-ethyl adjacent to an activating group) is 1. The minimum Gasteiger partial charge on any atom is -0.340 e. The molecule has 0 saturated carbocycles. The quantitative estimate of drug-likeness (QED) is 0.421. The molecule has 0 N–H and O–H groups in total. The normalized spacial score (nSPS) is 11.5. The SMILES string of the molecule is CN(Cc1ccccc1)C(=O)CN(Cc1ccc(Cl)cc1)S(=O)(=O)c1ccc(Br)cc1. The molecule has 3 aromatic rings. The van der Waals surface area contributed by atoms with Crippen LogP contribution >= 0.6 is 27.5 Å². The van der Waals surface area contributed by atoms with Gasteiger partial charge in [0.15, 0.2) is 0 Å². The van der Waals surface area contributed by atoms with Crippen molar-refractivity contribution in [2.45, 2.75) is 18.0 Å². The summed E-state index contributed by atoms with van der Waals surface area (Å²) in [5.74, 6) is -0.293. The number of benzene rings is 3. The van der Waals surface area contributed by atoms with Crippen molar-refractivity contribution >= 4 is 43.5 Å². The van der Waals surface area contributed by atoms with Gasteiger partial charge in [-0.3, -0.25) is 4.79 Å². The predicted molar refractivity (Wildman–Crippen MR) is 126 cm³/mol. The molecule has 31 heavy (non-hydrogen) atoms. The lowest BCUT2D eigenvalue weighted by atomic mass is 10.2. The molecular weight excluding hydrogens is 500 g/mol. The zero-order valence-corrected chi connectivity index (χ0v) is 20.1. The van der Waals surface area contributed by atoms with E-state index in [0.29, 0.717) is 11.6 Å². The lowest BCUT2D eigenvalue weighted by molar-refractivity contribution is -0.130. The second-order valence-corrected chi connectivity index (χ2v) is 10.4. The van der Waals surface area contributed by atoms with Crippen LogP contribution in [0.4, 0.5) is 0 Å². The Morgan fingerprint density at radius 2 is 1.45 bits per heavy atom. The molecule has 0 aliphatic rings. The van der Waals surface area contributed by atoms with Crippen LogP contribution in [-0.2, 0) is 27.9 Å². The number of amides is 1. The van der Waals surface area contributed by atoms with E-state index in [1.165, 1.54) is 21.3 Å². The highest BCUT2D eigenvalue weighted by molar-refractivity contribution is 9.10. The van der Waals surface area contributed by atoms with Crippen LogP contribution in [0.5, 0.6) is 0 Å². The number of carbonyl (C=O) groups is 1. The van der Waals surface area contributed by atoms with Crippen molar-refractivity contribution in [3.05, 3.63) is 99.5 Å². The van der Waals surface area contributed by atoms with E-state index >= 15 is 0 Å². The maximum absolute atomic E-state index is 13.3. The molecule has 0 aliphatic heterocycles. The molecule has 5 nitrogen and oxygen atoms in total. The fourth-order valence-corrected chi connectivity index (χ4v) is 4.76. The van der Waals surface area contributed by atoms with Gasteiger partial charge in [0.1, 0.15) is 0 Å². The van der Waals surface area contributed by atoms with Gasteiger partial charge in [-0.1, -0.05) is 70.0 Å². The number of nitrogens with zero attached hydrogens (tertiary/aromatic N) is 2. The minimum atomic E-state index is -3.90. The van der Waals surface area contributed by atoms with Gasteiger partial charge < -0.3 is 4.90 Å². The molecule has 0 bridgehead atoms. The molecule has 0 saturated heterocycles. The third kappa shape index (κ3) is 6.40. The number of hydrogen-bond acceptors (Lipinski definition) is 3. The van der Waals surface area contributed by atoms with Gasteiger partial charge in [0, 0.05) is 29.6 Å². The maximum atomic E-state index is 13.3. The molecule has 0 unspecified atom stereocenters. The van der Waals surface area contributed by atoms with Crippen LogP contribution in [0.25, 0.3) is 0 Å². The molecule has 0 fully saturated rings. The monoisotopic (exact) mass is 520 g/mol. The summed E-state index contributed by atoms with van der Waals surface area (Å²) in [7, 11) is -2.23. The largest absolute Gasteiger partial charge is 0.340 e. The van der Waals surface area contributed by atoms with Gasteiger partial charge >= 0.3 is 0 Å². The van der Waals surface area contributed by atoms with Crippen LogP contribution in [0.2, 0.25) is 5.02 Å². The highest BCUT2D eigenvalue weighted by Gasteiger charge is 2.28. The number of halogens is 2. The second-order valence-electron chi connectivity index (χ2n) is 7.09. The molecule has 3 aromatic carbocycles. The Morgan fingerprint density at radius 3 is 2.06 bits per heavy atom. The number of sulfonamides is 1. The predicted octanol–water partition coefficient (Wildman–Crippen LogP) is 4.95. The summed E-state index contributed by atoms with van der Waals surface area (Å²) in [4.78, 5) is 14.6. The summed E-state index contributed by atoms with van der Waals surface area (Å²) >= 11 is 9.27. The fourth-order valence-electron chi connectivity index (χ4n) is 2.99. The molecule has 0 radical (unpaired) electrons. The van der Waals surface area contributed by atoms with E-state index in [1.807, 2.05) is 30.3 Å². The van der Waals surface area contributed by atoms with Crippen LogP contribution in [0.3, 0.4) is 0 Å². The van der Waals surface area contributed by atoms with Gasteiger partial charge in [-0.25, -0.2) is 8.42 Å². The Kier molecular flexibility index (Phi) is 7.89. The third-order valence-electron chi connectivity index (χ3n) is 4.72. The number of carbonyl (C=O) groups excluding carboxylic acids is 1. The van der Waals surface area contributed by atoms with Crippen molar-refractivity contribution in [2.75, 3.05) is 13.6 Å². The van der Waals surface area contributed by atoms with Crippen molar-refractivity contribution in [1.82, 2.24) is 9.21 Å². The molecule has 162 valence electrons. The lowest BCUT2D eigenvalue weighted by Crippen LogP contribution is -2.40. The Morgan fingerprint density at radius 1 is 0.871 bits per heavy atom. The highest BCUT2D eigenvalue weighted by Crippen LogP contribution is 2.22. The van der Waals surface area contributed by atoms with Crippen LogP contribution < -0.4 is 0 Å². The third-order valence-corrected chi connectivity index (χ3v) is 7.31. The molecule has 0 aromatic heterocycles. The van der Waals surface area contributed by atoms with E-state index in [0.717, 1.165) is 15.6 Å². The van der Waals surface area contributed by atoms with Crippen molar-refractivity contribution in [2.24, 2.45) is 0 Å². The van der Waals surface area contributed by atoms with Gasteiger partial charge in [0.05, 0.1) is 11.4 Å². The summed E-state index contributed by atoms with van der Waals surface area (Å²) < 4.78 is 28.7. The fraction of sp³-hybridized carbons (Fsp3) is 0.174. The first kappa shape index (κ1) is 23.5. The van der Waals surface area contributed by atoms with Crippen LogP contribution in [0.1, 0.15) is 11.1 Å². The number of rotatable bonds is 8. The Balaban J connectivity index is 1.85. The molecule has 0 aliphatic carbocycles. The van der Waals surface area contributed by atoms with Crippen molar-refractivity contribution in [3.8, 4) is 0 Å². The zero-order valence-electron chi connectivity index (χ0n) is 16.9. The highest BCUT2D eigenvalue weighted by atomic mass is 79.9. The minimum absolute atomic E-state index is 0.0560. The van der Waals surface area contributed by atoms with E-state index in [1.54, 1.807) is 43.4 Å². The van der Waals surface area contributed by atoms with E-state index in [-0.39, 0.29) is 23.9 Å². The Labute approximate surface area is 196 Å². The van der Waals surface area contributed by atoms with E-state index in [2.05, 4.69) is 15.9 Å². The maximum Gasteiger partial charge on any atom is 0.243 e. The van der Waals surface area contributed by atoms with Gasteiger partial charge in [0.25, 0.3) is 0 Å². The van der Waals surface area contributed by atoms with Crippen LogP contribution in [0.15, 0.2) is 88.2 Å². The summed E-state index contributed by atoms with van der Waals surface area (Å²) in [5, 5.41) is 0.560. The zero-order chi connectivity index (χ0) is 22.4. The summed E-state index contributed by atoms with van der Waals surface area (Å²) in [6.45, 7) is 0.178. The summed E-state index contributed by atoms with van der Waals surface area (Å²) in [6.07, 6.45) is 0. The molecule has 1 amide bonds. The Bertz CT molecular complexity index is 1120. The molecule has 8 heteroatoms. The molecular formula is C23H22BrClN2O3S. The average molecular weight is 522 g/mol. The molecule has 0 heterocycles. The molecule has 0 atom stereocenters. The second kappa shape index (κ2) is 10.4. The first-order valence-electron chi connectivity index (χ1n) is 9.54. The first-order valence-corrected chi connectivity index (χ1v) is 12.1. The van der Waals surface area contributed by atoms with E-state index < -0.39 is 10.0 Å². The van der Waals surface area contributed by atoms with Gasteiger partial charge in [0.2, 0.25) is 15.9 Å². The van der Waals surface area contributed by atoms with Crippen LogP contribution in [0, 0.1) is 0 Å². The average Bonchev–Trinajstić information content (AvgIpc) is 2.75. The van der Waals surface area contributed by atoms with Crippen molar-refractivity contribution < 1.29 is 13.2 Å².